The zero-order valence-electron chi connectivity index (χ0n) is 11.9. The average Bonchev–Trinajstić information content (AvgIpc) is 2.48. The molecule has 2 aromatic rings. The van der Waals surface area contributed by atoms with Gasteiger partial charge in [-0.1, -0.05) is 18.2 Å². The van der Waals surface area contributed by atoms with Crippen LogP contribution in [0, 0.1) is 5.82 Å². The molecule has 1 unspecified atom stereocenters. The van der Waals surface area contributed by atoms with Gasteiger partial charge >= 0.3 is 0 Å². The molecule has 1 atom stereocenters. The van der Waals surface area contributed by atoms with Crippen molar-refractivity contribution >= 4 is 15.9 Å². The molecular weight excluding hydrogens is 337 g/mol. The summed E-state index contributed by atoms with van der Waals surface area (Å²) in [6, 6.07) is 10.4. The summed E-state index contributed by atoms with van der Waals surface area (Å²) >= 11 is 3.45. The Balaban J connectivity index is 2.06. The molecule has 112 valence electrons. The van der Waals surface area contributed by atoms with Gasteiger partial charge in [0.1, 0.15) is 5.75 Å². The van der Waals surface area contributed by atoms with E-state index in [-0.39, 0.29) is 11.8 Å². The average molecular weight is 354 g/mol. The zero-order chi connectivity index (χ0) is 15.4. The van der Waals surface area contributed by atoms with E-state index in [2.05, 4.69) is 21.2 Å². The second-order valence-electron chi connectivity index (χ2n) is 4.74. The van der Waals surface area contributed by atoms with Crippen LogP contribution in [0.1, 0.15) is 24.1 Å². The van der Waals surface area contributed by atoms with E-state index in [0.717, 1.165) is 15.8 Å². The molecule has 0 fully saturated rings. The number of phenols is 1. The smallest absolute Gasteiger partial charge is 0.165 e. The third kappa shape index (κ3) is 3.74. The van der Waals surface area contributed by atoms with Crippen LogP contribution in [-0.4, -0.2) is 12.2 Å². The van der Waals surface area contributed by atoms with Crippen LogP contribution in [0.25, 0.3) is 0 Å². The second-order valence-corrected chi connectivity index (χ2v) is 5.60. The Morgan fingerprint density at radius 1 is 1.33 bits per heavy atom. The maximum Gasteiger partial charge on any atom is 0.165 e. The SMILES string of the molecule is COc1ccc(C(C)NCc2cccc(F)c2O)cc1Br. The fraction of sp³-hybridized carbons (Fsp3) is 0.250. The summed E-state index contributed by atoms with van der Waals surface area (Å²) in [7, 11) is 1.62. The van der Waals surface area contributed by atoms with E-state index in [4.69, 9.17) is 4.74 Å². The monoisotopic (exact) mass is 353 g/mol. The molecule has 21 heavy (non-hydrogen) atoms. The number of nitrogens with one attached hydrogen (secondary N) is 1. The van der Waals surface area contributed by atoms with Crippen molar-refractivity contribution in [2.24, 2.45) is 0 Å². The van der Waals surface area contributed by atoms with Crippen molar-refractivity contribution in [3.8, 4) is 11.5 Å². The summed E-state index contributed by atoms with van der Waals surface area (Å²) in [4.78, 5) is 0. The zero-order valence-corrected chi connectivity index (χ0v) is 13.4. The number of hydrogen-bond acceptors (Lipinski definition) is 3. The first-order chi connectivity index (χ1) is 10.0. The van der Waals surface area contributed by atoms with Crippen molar-refractivity contribution in [1.82, 2.24) is 5.32 Å². The van der Waals surface area contributed by atoms with Gasteiger partial charge in [0.25, 0.3) is 0 Å². The summed E-state index contributed by atoms with van der Waals surface area (Å²) in [5.74, 6) is -0.129. The Morgan fingerprint density at radius 2 is 2.10 bits per heavy atom. The maximum absolute atomic E-state index is 13.3. The molecule has 0 spiro atoms. The Labute approximate surface area is 131 Å². The lowest BCUT2D eigenvalue weighted by molar-refractivity contribution is 0.411. The van der Waals surface area contributed by atoms with Crippen molar-refractivity contribution in [3.05, 3.63) is 57.8 Å². The molecule has 0 aliphatic rings. The molecule has 0 bridgehead atoms. The molecule has 2 aromatic carbocycles. The van der Waals surface area contributed by atoms with E-state index in [9.17, 15) is 9.50 Å². The van der Waals surface area contributed by atoms with Crippen molar-refractivity contribution in [2.45, 2.75) is 19.5 Å². The number of hydrogen-bond donors (Lipinski definition) is 2. The molecule has 0 saturated heterocycles. The first-order valence-corrected chi connectivity index (χ1v) is 7.35. The molecular formula is C16H17BrFNO2. The molecule has 0 aliphatic heterocycles. The van der Waals surface area contributed by atoms with Gasteiger partial charge in [0.05, 0.1) is 11.6 Å². The van der Waals surface area contributed by atoms with Crippen LogP contribution in [0.2, 0.25) is 0 Å². The molecule has 3 nitrogen and oxygen atoms in total. The summed E-state index contributed by atoms with van der Waals surface area (Å²) in [5, 5.41) is 12.9. The number of para-hydroxylation sites is 1. The molecule has 0 saturated carbocycles. The molecule has 0 aliphatic carbocycles. The van der Waals surface area contributed by atoms with Crippen LogP contribution in [0.4, 0.5) is 4.39 Å². The number of aromatic hydroxyl groups is 1. The van der Waals surface area contributed by atoms with Gasteiger partial charge in [-0.3, -0.25) is 0 Å². The highest BCUT2D eigenvalue weighted by atomic mass is 79.9. The quantitative estimate of drug-likeness (QED) is 0.848. The minimum atomic E-state index is -0.603. The van der Waals surface area contributed by atoms with E-state index < -0.39 is 5.82 Å². The molecule has 2 N–H and O–H groups in total. The van der Waals surface area contributed by atoms with Gasteiger partial charge in [-0.2, -0.15) is 0 Å². The molecule has 0 aromatic heterocycles. The molecule has 0 radical (unpaired) electrons. The van der Waals surface area contributed by atoms with E-state index in [1.54, 1.807) is 19.2 Å². The second kappa shape index (κ2) is 6.91. The molecule has 5 heteroatoms. The van der Waals surface area contributed by atoms with Gasteiger partial charge in [0.15, 0.2) is 11.6 Å². The predicted molar refractivity (Wildman–Crippen MR) is 84.0 cm³/mol. The van der Waals surface area contributed by atoms with Crippen molar-refractivity contribution < 1.29 is 14.2 Å². The lowest BCUT2D eigenvalue weighted by Crippen LogP contribution is -2.18. The third-order valence-corrected chi connectivity index (χ3v) is 3.96. The van der Waals surface area contributed by atoms with E-state index >= 15 is 0 Å². The lowest BCUT2D eigenvalue weighted by atomic mass is 10.1. The Hall–Kier alpha value is -1.59. The van der Waals surface area contributed by atoms with Crippen LogP contribution >= 0.6 is 15.9 Å². The number of benzene rings is 2. The van der Waals surface area contributed by atoms with Crippen molar-refractivity contribution in [3.63, 3.8) is 0 Å². The number of halogens is 2. The van der Waals surface area contributed by atoms with Crippen molar-refractivity contribution in [2.75, 3.05) is 7.11 Å². The number of ether oxygens (including phenoxy) is 1. The van der Waals surface area contributed by atoms with Crippen LogP contribution in [0.15, 0.2) is 40.9 Å². The highest BCUT2D eigenvalue weighted by Gasteiger charge is 2.11. The van der Waals surface area contributed by atoms with Crippen LogP contribution < -0.4 is 10.1 Å². The van der Waals surface area contributed by atoms with Gasteiger partial charge in [-0.15, -0.1) is 0 Å². The molecule has 0 amide bonds. The summed E-state index contributed by atoms with van der Waals surface area (Å²) in [6.07, 6.45) is 0. The topological polar surface area (TPSA) is 41.5 Å². The number of methoxy groups -OCH3 is 1. The predicted octanol–water partition coefficient (Wildman–Crippen LogP) is 4.15. The largest absolute Gasteiger partial charge is 0.505 e. The Bertz CT molecular complexity index is 634. The van der Waals surface area contributed by atoms with Crippen LogP contribution in [-0.2, 0) is 6.54 Å². The summed E-state index contributed by atoms with van der Waals surface area (Å²) in [5.41, 5.74) is 1.60. The minimum absolute atomic E-state index is 0.0508. The van der Waals surface area contributed by atoms with Gasteiger partial charge in [0, 0.05) is 18.2 Å². The highest BCUT2D eigenvalue weighted by molar-refractivity contribution is 9.10. The van der Waals surface area contributed by atoms with Crippen LogP contribution in [0.5, 0.6) is 11.5 Å². The first-order valence-electron chi connectivity index (χ1n) is 6.56. The first kappa shape index (κ1) is 15.8. The number of phenolic OH excluding ortho intramolecular Hbond substituents is 1. The van der Waals surface area contributed by atoms with Gasteiger partial charge in [0.2, 0.25) is 0 Å². The normalized spacial score (nSPS) is 12.2. The van der Waals surface area contributed by atoms with Gasteiger partial charge in [-0.05, 0) is 46.6 Å². The third-order valence-electron chi connectivity index (χ3n) is 3.34. The van der Waals surface area contributed by atoms with E-state index in [0.29, 0.717) is 12.1 Å². The lowest BCUT2D eigenvalue weighted by Gasteiger charge is -2.16. The van der Waals surface area contributed by atoms with E-state index in [1.165, 1.54) is 6.07 Å². The van der Waals surface area contributed by atoms with Gasteiger partial charge in [-0.25, -0.2) is 4.39 Å². The fourth-order valence-electron chi connectivity index (χ4n) is 2.04. The highest BCUT2D eigenvalue weighted by Crippen LogP contribution is 2.28. The Kier molecular flexibility index (Phi) is 5.20. The standard InChI is InChI=1S/C16H17BrFNO2/c1-10(11-6-7-15(21-2)13(17)8-11)19-9-12-4-3-5-14(18)16(12)20/h3-8,10,19-20H,9H2,1-2H3. The minimum Gasteiger partial charge on any atom is -0.505 e. The molecule has 0 heterocycles. The fourth-order valence-corrected chi connectivity index (χ4v) is 2.59. The van der Waals surface area contributed by atoms with Crippen molar-refractivity contribution in [1.29, 1.82) is 0 Å². The van der Waals surface area contributed by atoms with E-state index in [1.807, 2.05) is 25.1 Å². The Morgan fingerprint density at radius 3 is 2.76 bits per heavy atom. The van der Waals surface area contributed by atoms with Gasteiger partial charge < -0.3 is 15.2 Å². The summed E-state index contributed by atoms with van der Waals surface area (Å²) < 4.78 is 19.3. The maximum atomic E-state index is 13.3. The molecule has 2 rings (SSSR count). The number of rotatable bonds is 5. The summed E-state index contributed by atoms with van der Waals surface area (Å²) in [6.45, 7) is 2.39. The van der Waals surface area contributed by atoms with Crippen LogP contribution in [0.3, 0.4) is 0 Å².